The van der Waals surface area contributed by atoms with E-state index in [1.54, 1.807) is 18.3 Å². The van der Waals surface area contributed by atoms with E-state index < -0.39 is 12.0 Å². The molecular weight excluding hydrogens is 270 g/mol. The van der Waals surface area contributed by atoms with Crippen LogP contribution in [-0.2, 0) is 11.3 Å². The molecule has 1 heterocycles. The monoisotopic (exact) mass is 283 g/mol. The van der Waals surface area contributed by atoms with Crippen LogP contribution in [0, 0.1) is 6.92 Å². The summed E-state index contributed by atoms with van der Waals surface area (Å²) < 4.78 is 1.07. The maximum Gasteiger partial charge on any atom is 0.320 e. The number of halogens is 1. The summed E-state index contributed by atoms with van der Waals surface area (Å²) in [4.78, 5) is 11.9. The minimum absolute atomic E-state index is 0.551. The van der Waals surface area contributed by atoms with Crippen LogP contribution in [-0.4, -0.2) is 17.1 Å². The molecule has 1 atom stereocenters. The Morgan fingerprint density at radius 3 is 2.89 bits per heavy atom. The lowest BCUT2D eigenvalue weighted by molar-refractivity contribution is -0.139. The summed E-state index contributed by atoms with van der Waals surface area (Å²) in [5.74, 6) is -0.841. The van der Waals surface area contributed by atoms with Crippen molar-refractivity contribution in [1.82, 2.24) is 5.32 Å². The Kier molecular flexibility index (Phi) is 3.90. The minimum Gasteiger partial charge on any atom is -0.480 e. The molecule has 2 N–H and O–H groups in total. The quantitative estimate of drug-likeness (QED) is 0.904. The van der Waals surface area contributed by atoms with Gasteiger partial charge < -0.3 is 5.11 Å². The van der Waals surface area contributed by atoms with Gasteiger partial charge in [0.2, 0.25) is 0 Å². The summed E-state index contributed by atoms with van der Waals surface area (Å²) >= 11 is 7.77. The second-order valence-corrected chi connectivity index (χ2v) is 5.72. The van der Waals surface area contributed by atoms with Crippen molar-refractivity contribution in [2.45, 2.75) is 26.4 Å². The highest BCUT2D eigenvalue weighted by Gasteiger charge is 2.13. The number of hydrogen-bond donors (Lipinski definition) is 2. The Bertz CT molecular complexity index is 594. The SMILES string of the molecule is Cc1c(CN[C@@H](C)C(=O)O)sc2c(Cl)cccc12. The van der Waals surface area contributed by atoms with Crippen molar-refractivity contribution < 1.29 is 9.90 Å². The Labute approximate surface area is 114 Å². The van der Waals surface area contributed by atoms with E-state index in [1.165, 1.54) is 5.56 Å². The number of aryl methyl sites for hydroxylation is 1. The first-order valence-corrected chi connectivity index (χ1v) is 6.83. The van der Waals surface area contributed by atoms with Gasteiger partial charge in [0.15, 0.2) is 0 Å². The summed E-state index contributed by atoms with van der Waals surface area (Å²) in [5, 5.41) is 13.7. The minimum atomic E-state index is -0.841. The van der Waals surface area contributed by atoms with E-state index in [9.17, 15) is 4.79 Å². The lowest BCUT2D eigenvalue weighted by Gasteiger charge is -2.08. The highest BCUT2D eigenvalue weighted by Crippen LogP contribution is 2.35. The number of carbonyl (C=O) groups is 1. The van der Waals surface area contributed by atoms with Gasteiger partial charge >= 0.3 is 5.97 Å². The van der Waals surface area contributed by atoms with Gasteiger partial charge in [-0.05, 0) is 30.9 Å². The van der Waals surface area contributed by atoms with Gasteiger partial charge in [0, 0.05) is 11.4 Å². The van der Waals surface area contributed by atoms with E-state index in [2.05, 4.69) is 5.32 Å². The molecule has 1 aromatic heterocycles. The van der Waals surface area contributed by atoms with Gasteiger partial charge in [-0.25, -0.2) is 0 Å². The fourth-order valence-corrected chi connectivity index (χ4v) is 3.21. The molecule has 0 amide bonds. The summed E-state index contributed by atoms with van der Waals surface area (Å²) in [5.41, 5.74) is 1.17. The van der Waals surface area contributed by atoms with Crippen molar-refractivity contribution in [3.05, 3.63) is 33.7 Å². The third-order valence-electron chi connectivity index (χ3n) is 2.95. The average Bonchev–Trinajstić information content (AvgIpc) is 2.65. The van der Waals surface area contributed by atoms with Gasteiger partial charge in [0.05, 0.1) is 9.72 Å². The smallest absolute Gasteiger partial charge is 0.320 e. The number of carboxylic acid groups (broad SMARTS) is 1. The van der Waals surface area contributed by atoms with Crippen LogP contribution in [0.5, 0.6) is 0 Å². The van der Waals surface area contributed by atoms with Crippen LogP contribution in [0.15, 0.2) is 18.2 Å². The maximum atomic E-state index is 10.8. The number of rotatable bonds is 4. The zero-order valence-corrected chi connectivity index (χ0v) is 11.7. The van der Waals surface area contributed by atoms with Gasteiger partial charge in [-0.15, -0.1) is 11.3 Å². The highest BCUT2D eigenvalue weighted by molar-refractivity contribution is 7.20. The number of fused-ring (bicyclic) bond motifs is 1. The molecule has 2 aromatic rings. The number of aliphatic carboxylic acids is 1. The fourth-order valence-electron chi connectivity index (χ4n) is 1.76. The summed E-state index contributed by atoms with van der Waals surface area (Å²) in [6, 6.07) is 5.29. The van der Waals surface area contributed by atoms with E-state index in [0.717, 1.165) is 20.0 Å². The van der Waals surface area contributed by atoms with E-state index in [4.69, 9.17) is 16.7 Å². The normalized spacial score (nSPS) is 12.8. The zero-order valence-electron chi connectivity index (χ0n) is 10.2. The van der Waals surface area contributed by atoms with Crippen LogP contribution in [0.1, 0.15) is 17.4 Å². The van der Waals surface area contributed by atoms with Crippen LogP contribution in [0.4, 0.5) is 0 Å². The van der Waals surface area contributed by atoms with Crippen LogP contribution in [0.3, 0.4) is 0 Å². The molecule has 5 heteroatoms. The summed E-state index contributed by atoms with van der Waals surface area (Å²) in [6.07, 6.45) is 0. The fraction of sp³-hybridized carbons (Fsp3) is 0.308. The average molecular weight is 284 g/mol. The van der Waals surface area contributed by atoms with Crippen molar-refractivity contribution >= 4 is 39.0 Å². The van der Waals surface area contributed by atoms with Crippen LogP contribution < -0.4 is 5.32 Å². The molecule has 18 heavy (non-hydrogen) atoms. The Balaban J connectivity index is 2.27. The number of hydrogen-bond acceptors (Lipinski definition) is 3. The first kappa shape index (κ1) is 13.3. The van der Waals surface area contributed by atoms with Gasteiger partial charge in [-0.3, -0.25) is 10.1 Å². The molecule has 0 aliphatic heterocycles. The van der Waals surface area contributed by atoms with Crippen LogP contribution >= 0.6 is 22.9 Å². The molecule has 0 radical (unpaired) electrons. The molecule has 1 aromatic carbocycles. The highest BCUT2D eigenvalue weighted by atomic mass is 35.5. The van der Waals surface area contributed by atoms with E-state index in [1.807, 2.05) is 25.1 Å². The van der Waals surface area contributed by atoms with Gasteiger partial charge in [-0.2, -0.15) is 0 Å². The van der Waals surface area contributed by atoms with Crippen LogP contribution in [0.25, 0.3) is 10.1 Å². The molecule has 0 saturated heterocycles. The molecule has 0 aliphatic rings. The topological polar surface area (TPSA) is 49.3 Å². The predicted octanol–water partition coefficient (Wildman–Crippen LogP) is 3.43. The largest absolute Gasteiger partial charge is 0.480 e. The molecule has 96 valence electrons. The van der Waals surface area contributed by atoms with Crippen molar-refractivity contribution in [1.29, 1.82) is 0 Å². The predicted molar refractivity (Wildman–Crippen MR) is 75.5 cm³/mol. The molecule has 2 rings (SSSR count). The molecule has 0 spiro atoms. The number of carboxylic acids is 1. The van der Waals surface area contributed by atoms with Crippen molar-refractivity contribution in [3.63, 3.8) is 0 Å². The first-order chi connectivity index (χ1) is 8.50. The van der Waals surface area contributed by atoms with Crippen LogP contribution in [0.2, 0.25) is 5.02 Å². The second kappa shape index (κ2) is 5.26. The summed E-state index contributed by atoms with van der Waals surface area (Å²) in [6.45, 7) is 4.23. The van der Waals surface area contributed by atoms with E-state index in [-0.39, 0.29) is 0 Å². The lowest BCUT2D eigenvalue weighted by atomic mass is 10.1. The zero-order chi connectivity index (χ0) is 13.3. The Morgan fingerprint density at radius 2 is 2.28 bits per heavy atom. The van der Waals surface area contributed by atoms with Gasteiger partial charge in [-0.1, -0.05) is 23.7 Å². The third-order valence-corrected chi connectivity index (χ3v) is 4.72. The van der Waals surface area contributed by atoms with Gasteiger partial charge in [0.1, 0.15) is 6.04 Å². The third kappa shape index (κ3) is 2.51. The number of nitrogens with one attached hydrogen (secondary N) is 1. The second-order valence-electron chi connectivity index (χ2n) is 4.21. The molecule has 3 nitrogen and oxygen atoms in total. The van der Waals surface area contributed by atoms with Gasteiger partial charge in [0.25, 0.3) is 0 Å². The lowest BCUT2D eigenvalue weighted by Crippen LogP contribution is -2.32. The molecular formula is C13H14ClNO2S. The Hall–Kier alpha value is -1.10. The van der Waals surface area contributed by atoms with Crippen molar-refractivity contribution in [2.75, 3.05) is 0 Å². The number of thiophene rings is 1. The molecule has 0 bridgehead atoms. The van der Waals surface area contributed by atoms with Crippen molar-refractivity contribution in [2.24, 2.45) is 0 Å². The van der Waals surface area contributed by atoms with E-state index >= 15 is 0 Å². The maximum absolute atomic E-state index is 10.8. The molecule has 0 unspecified atom stereocenters. The van der Waals surface area contributed by atoms with E-state index in [0.29, 0.717) is 6.54 Å². The molecule has 0 aliphatic carbocycles. The Morgan fingerprint density at radius 1 is 1.56 bits per heavy atom. The standard InChI is InChI=1S/C13H14ClNO2S/c1-7-9-4-3-5-10(14)12(9)18-11(7)6-15-8(2)13(16)17/h3-5,8,15H,6H2,1-2H3,(H,16,17)/t8-/m0/s1. The van der Waals surface area contributed by atoms with Crippen molar-refractivity contribution in [3.8, 4) is 0 Å². The number of benzene rings is 1. The molecule has 0 fully saturated rings. The summed E-state index contributed by atoms with van der Waals surface area (Å²) in [7, 11) is 0. The molecule has 0 saturated carbocycles. The first-order valence-electron chi connectivity index (χ1n) is 5.63.